The van der Waals surface area contributed by atoms with Gasteiger partial charge in [0, 0.05) is 16.7 Å². The van der Waals surface area contributed by atoms with E-state index in [4.69, 9.17) is 4.74 Å². The second-order valence-electron chi connectivity index (χ2n) is 6.48. The third-order valence-electron chi connectivity index (χ3n) is 3.60. The summed E-state index contributed by atoms with van der Waals surface area (Å²) in [6.07, 6.45) is -0.674. The molecule has 0 unspecified atom stereocenters. The van der Waals surface area contributed by atoms with E-state index in [0.717, 1.165) is 4.47 Å². The number of hydrogen-bond donors (Lipinski definition) is 2. The molecule has 146 valence electrons. The third-order valence-corrected chi connectivity index (χ3v) is 5.52. The van der Waals surface area contributed by atoms with Crippen molar-refractivity contribution in [1.29, 1.82) is 0 Å². The maximum absolute atomic E-state index is 12.4. The van der Waals surface area contributed by atoms with Crippen LogP contribution in [-0.4, -0.2) is 27.0 Å². The fourth-order valence-corrected chi connectivity index (χ4v) is 3.46. The van der Waals surface area contributed by atoms with Crippen LogP contribution in [0.2, 0.25) is 0 Å². The number of sulfonamides is 1. The van der Waals surface area contributed by atoms with Gasteiger partial charge in [-0.05, 0) is 61.4 Å². The lowest BCUT2D eigenvalue weighted by molar-refractivity contribution is -0.127. The zero-order valence-electron chi connectivity index (χ0n) is 15.4. The fraction of sp³-hybridized carbons (Fsp3) is 0.316. The molecule has 0 spiro atoms. The van der Waals surface area contributed by atoms with Crippen molar-refractivity contribution in [1.82, 2.24) is 5.32 Å². The number of rotatable bonds is 8. The number of nitrogens with one attached hydrogen (secondary N) is 2. The Bertz CT molecular complexity index is 866. The Morgan fingerprint density at radius 1 is 1.04 bits per heavy atom. The van der Waals surface area contributed by atoms with E-state index in [2.05, 4.69) is 26.0 Å². The molecule has 0 aliphatic heterocycles. The van der Waals surface area contributed by atoms with Gasteiger partial charge in [0.1, 0.15) is 5.75 Å². The van der Waals surface area contributed by atoms with Gasteiger partial charge >= 0.3 is 0 Å². The number of carbonyl (C=O) groups excluding carboxylic acids is 1. The van der Waals surface area contributed by atoms with Crippen LogP contribution in [0.15, 0.2) is 57.9 Å². The molecule has 0 bridgehead atoms. The SMILES string of the molecule is CC(C)CNC(=O)[C@H](C)Oc1ccc(S(=O)(=O)Nc2ccc(Br)cc2)cc1. The molecule has 2 aromatic carbocycles. The number of benzene rings is 2. The molecule has 0 saturated carbocycles. The summed E-state index contributed by atoms with van der Waals surface area (Å²) >= 11 is 3.30. The van der Waals surface area contributed by atoms with Crippen LogP contribution in [0.5, 0.6) is 5.75 Å². The first-order valence-electron chi connectivity index (χ1n) is 8.50. The number of anilines is 1. The molecule has 27 heavy (non-hydrogen) atoms. The van der Waals surface area contributed by atoms with Crippen LogP contribution in [0, 0.1) is 5.92 Å². The number of ether oxygens (including phenoxy) is 1. The lowest BCUT2D eigenvalue weighted by atomic mass is 10.2. The molecule has 2 aromatic rings. The fourth-order valence-electron chi connectivity index (χ4n) is 2.14. The predicted octanol–water partition coefficient (Wildman–Crippen LogP) is 3.79. The molecular formula is C19H23BrN2O4S. The first kappa shape index (κ1) is 21.2. The van der Waals surface area contributed by atoms with Gasteiger partial charge in [0.15, 0.2) is 6.10 Å². The molecule has 2 N–H and O–H groups in total. The highest BCUT2D eigenvalue weighted by molar-refractivity contribution is 9.10. The van der Waals surface area contributed by atoms with Gasteiger partial charge in [-0.15, -0.1) is 0 Å². The number of halogens is 1. The van der Waals surface area contributed by atoms with Crippen LogP contribution in [0.4, 0.5) is 5.69 Å². The molecule has 6 nitrogen and oxygen atoms in total. The second kappa shape index (κ2) is 9.23. The van der Waals surface area contributed by atoms with E-state index < -0.39 is 16.1 Å². The first-order chi connectivity index (χ1) is 12.7. The van der Waals surface area contributed by atoms with E-state index in [-0.39, 0.29) is 10.8 Å². The van der Waals surface area contributed by atoms with Gasteiger partial charge in [0.25, 0.3) is 15.9 Å². The summed E-state index contributed by atoms with van der Waals surface area (Å²) in [4.78, 5) is 12.1. The Morgan fingerprint density at radius 3 is 2.19 bits per heavy atom. The van der Waals surface area contributed by atoms with Gasteiger partial charge in [-0.1, -0.05) is 29.8 Å². The summed E-state index contributed by atoms with van der Waals surface area (Å²) < 4.78 is 33.8. The number of carbonyl (C=O) groups is 1. The van der Waals surface area contributed by atoms with Gasteiger partial charge in [-0.2, -0.15) is 0 Å². The van der Waals surface area contributed by atoms with Gasteiger partial charge in [0.2, 0.25) is 0 Å². The van der Waals surface area contributed by atoms with E-state index in [1.807, 2.05) is 13.8 Å². The Labute approximate surface area is 168 Å². The molecule has 0 fully saturated rings. The molecule has 0 radical (unpaired) electrons. The van der Waals surface area contributed by atoms with Gasteiger partial charge in [-0.25, -0.2) is 8.42 Å². The minimum absolute atomic E-state index is 0.106. The molecule has 1 amide bonds. The lowest BCUT2D eigenvalue weighted by Gasteiger charge is -2.16. The van der Waals surface area contributed by atoms with E-state index >= 15 is 0 Å². The molecule has 0 aliphatic carbocycles. The van der Waals surface area contributed by atoms with Crippen LogP contribution < -0.4 is 14.8 Å². The quantitative estimate of drug-likeness (QED) is 0.635. The zero-order chi connectivity index (χ0) is 20.0. The van der Waals surface area contributed by atoms with Crippen molar-refractivity contribution in [2.24, 2.45) is 5.92 Å². The van der Waals surface area contributed by atoms with Gasteiger partial charge in [0.05, 0.1) is 4.90 Å². The Morgan fingerprint density at radius 2 is 1.63 bits per heavy atom. The topological polar surface area (TPSA) is 84.5 Å². The number of amides is 1. The van der Waals surface area contributed by atoms with Crippen LogP contribution >= 0.6 is 15.9 Å². The summed E-state index contributed by atoms with van der Waals surface area (Å²) in [5.41, 5.74) is 0.467. The van der Waals surface area contributed by atoms with E-state index in [1.165, 1.54) is 24.3 Å². The molecule has 0 aromatic heterocycles. The maximum atomic E-state index is 12.4. The molecule has 0 saturated heterocycles. The Hall–Kier alpha value is -2.06. The van der Waals surface area contributed by atoms with Crippen molar-refractivity contribution in [3.63, 3.8) is 0 Å². The molecule has 8 heteroatoms. The first-order valence-corrected chi connectivity index (χ1v) is 10.8. The van der Waals surface area contributed by atoms with Crippen LogP contribution in [0.1, 0.15) is 20.8 Å². The Kier molecular flexibility index (Phi) is 7.26. The predicted molar refractivity (Wildman–Crippen MR) is 109 cm³/mol. The maximum Gasteiger partial charge on any atom is 0.261 e. The van der Waals surface area contributed by atoms with Crippen LogP contribution in [0.3, 0.4) is 0 Å². The largest absolute Gasteiger partial charge is 0.481 e. The van der Waals surface area contributed by atoms with Crippen LogP contribution in [0.25, 0.3) is 0 Å². The van der Waals surface area contributed by atoms with E-state index in [0.29, 0.717) is 23.9 Å². The van der Waals surface area contributed by atoms with Crippen molar-refractivity contribution in [2.45, 2.75) is 31.8 Å². The minimum atomic E-state index is -3.71. The summed E-state index contributed by atoms with van der Waals surface area (Å²) in [7, 11) is -3.71. The van der Waals surface area contributed by atoms with Gasteiger partial charge in [-0.3, -0.25) is 9.52 Å². The smallest absolute Gasteiger partial charge is 0.261 e. The zero-order valence-corrected chi connectivity index (χ0v) is 17.8. The van der Waals surface area contributed by atoms with Crippen molar-refractivity contribution in [3.8, 4) is 5.75 Å². The van der Waals surface area contributed by atoms with Crippen molar-refractivity contribution >= 4 is 37.5 Å². The highest BCUT2D eigenvalue weighted by atomic mass is 79.9. The normalized spacial score (nSPS) is 12.5. The van der Waals surface area contributed by atoms with E-state index in [9.17, 15) is 13.2 Å². The van der Waals surface area contributed by atoms with Crippen molar-refractivity contribution in [3.05, 3.63) is 53.0 Å². The second-order valence-corrected chi connectivity index (χ2v) is 9.08. The van der Waals surface area contributed by atoms with Gasteiger partial charge < -0.3 is 10.1 Å². The highest BCUT2D eigenvalue weighted by Crippen LogP contribution is 2.21. The van der Waals surface area contributed by atoms with Crippen molar-refractivity contribution < 1.29 is 17.9 Å². The highest BCUT2D eigenvalue weighted by Gasteiger charge is 2.17. The standard InChI is InChI=1S/C19H23BrN2O4S/c1-13(2)12-21-19(23)14(3)26-17-8-10-18(11-9-17)27(24,25)22-16-6-4-15(20)5-7-16/h4-11,13-14,22H,12H2,1-3H3,(H,21,23)/t14-/m0/s1. The molecular weight excluding hydrogens is 432 g/mol. The average molecular weight is 455 g/mol. The average Bonchev–Trinajstić information content (AvgIpc) is 2.61. The lowest BCUT2D eigenvalue weighted by Crippen LogP contribution is -2.38. The van der Waals surface area contributed by atoms with Crippen LogP contribution in [-0.2, 0) is 14.8 Å². The molecule has 2 rings (SSSR count). The Balaban J connectivity index is 2.01. The van der Waals surface area contributed by atoms with Crippen molar-refractivity contribution in [2.75, 3.05) is 11.3 Å². The summed E-state index contributed by atoms with van der Waals surface area (Å²) in [6, 6.07) is 12.8. The minimum Gasteiger partial charge on any atom is -0.481 e. The summed E-state index contributed by atoms with van der Waals surface area (Å²) in [5.74, 6) is 0.561. The van der Waals surface area contributed by atoms with E-state index in [1.54, 1.807) is 31.2 Å². The number of hydrogen-bond acceptors (Lipinski definition) is 4. The molecule has 1 atom stereocenters. The summed E-state index contributed by atoms with van der Waals surface area (Å²) in [6.45, 7) is 6.24. The monoisotopic (exact) mass is 454 g/mol. The summed E-state index contributed by atoms with van der Waals surface area (Å²) in [5, 5.41) is 2.80. The third kappa shape index (κ3) is 6.55. The molecule has 0 aliphatic rings. The molecule has 0 heterocycles.